The molecule has 0 bridgehead atoms. The second-order valence-electron chi connectivity index (χ2n) is 7.79. The number of para-hydroxylation sites is 1. The van der Waals surface area contributed by atoms with Crippen LogP contribution in [0.25, 0.3) is 34.5 Å². The lowest BCUT2D eigenvalue weighted by atomic mass is 9.94. The fourth-order valence-corrected chi connectivity index (χ4v) is 3.73. The molecular formula is C28H26N2O2. The quantitative estimate of drug-likeness (QED) is 0.364. The van der Waals surface area contributed by atoms with Crippen LogP contribution < -0.4 is 10.3 Å². The van der Waals surface area contributed by atoms with Gasteiger partial charge < -0.3 is 4.74 Å². The van der Waals surface area contributed by atoms with Gasteiger partial charge in [-0.2, -0.15) is 5.10 Å². The van der Waals surface area contributed by atoms with E-state index in [0.29, 0.717) is 11.3 Å². The molecule has 0 saturated heterocycles. The van der Waals surface area contributed by atoms with Crippen LogP contribution in [-0.4, -0.2) is 16.9 Å². The summed E-state index contributed by atoms with van der Waals surface area (Å²) in [4.78, 5) is 13.6. The Hall–Kier alpha value is -3.92. The third kappa shape index (κ3) is 4.26. The molecule has 0 unspecified atom stereocenters. The predicted molar refractivity (Wildman–Crippen MR) is 132 cm³/mol. The van der Waals surface area contributed by atoms with E-state index in [1.807, 2.05) is 111 Å². The van der Waals surface area contributed by atoms with Gasteiger partial charge in [0.25, 0.3) is 5.56 Å². The van der Waals surface area contributed by atoms with E-state index in [1.54, 1.807) is 11.8 Å². The highest BCUT2D eigenvalue weighted by Gasteiger charge is 2.22. The first kappa shape index (κ1) is 21.3. The van der Waals surface area contributed by atoms with Gasteiger partial charge in [0, 0.05) is 16.7 Å². The fraction of sp³-hybridized carbons (Fsp3) is 0.143. The van der Waals surface area contributed by atoms with Gasteiger partial charge in [-0.3, -0.25) is 4.79 Å². The van der Waals surface area contributed by atoms with Crippen LogP contribution in [0.2, 0.25) is 0 Å². The van der Waals surface area contributed by atoms with E-state index in [4.69, 9.17) is 9.84 Å². The number of aromatic nitrogens is 2. The number of nitrogens with zero attached hydrogens (tertiary/aromatic N) is 2. The van der Waals surface area contributed by atoms with Gasteiger partial charge in [-0.1, -0.05) is 84.9 Å². The van der Waals surface area contributed by atoms with E-state index < -0.39 is 0 Å². The molecule has 0 radical (unpaired) electrons. The van der Waals surface area contributed by atoms with Gasteiger partial charge in [0.05, 0.1) is 24.4 Å². The Morgan fingerprint density at radius 2 is 1.47 bits per heavy atom. The van der Waals surface area contributed by atoms with Crippen molar-refractivity contribution in [2.75, 3.05) is 7.11 Å². The van der Waals surface area contributed by atoms with Gasteiger partial charge in [0.15, 0.2) is 0 Å². The first-order valence-corrected chi connectivity index (χ1v) is 10.7. The monoisotopic (exact) mass is 422 g/mol. The summed E-state index contributed by atoms with van der Waals surface area (Å²) in [6, 6.07) is 27.6. The summed E-state index contributed by atoms with van der Waals surface area (Å²) in [7, 11) is 1.64. The molecule has 1 heterocycles. The van der Waals surface area contributed by atoms with Gasteiger partial charge in [-0.05, 0) is 31.6 Å². The number of rotatable bonds is 6. The molecule has 4 aromatic rings. The third-order valence-electron chi connectivity index (χ3n) is 5.31. The van der Waals surface area contributed by atoms with E-state index in [1.165, 1.54) is 0 Å². The zero-order valence-corrected chi connectivity index (χ0v) is 18.5. The molecule has 4 nitrogen and oxygen atoms in total. The molecule has 4 heteroatoms. The van der Waals surface area contributed by atoms with Crippen LogP contribution in [0.15, 0.2) is 89.7 Å². The molecular weight excluding hydrogens is 396 g/mol. The molecule has 0 fully saturated rings. The largest absolute Gasteiger partial charge is 0.496 e. The molecule has 0 spiro atoms. The van der Waals surface area contributed by atoms with Crippen molar-refractivity contribution in [3.63, 3.8) is 0 Å². The summed E-state index contributed by atoms with van der Waals surface area (Å²) in [5.41, 5.74) is 4.76. The Labute approximate surface area is 188 Å². The maximum Gasteiger partial charge on any atom is 0.274 e. The second-order valence-corrected chi connectivity index (χ2v) is 7.79. The minimum atomic E-state index is -0.132. The van der Waals surface area contributed by atoms with Crippen molar-refractivity contribution in [1.82, 2.24) is 9.78 Å². The Morgan fingerprint density at radius 3 is 2.12 bits per heavy atom. The first-order valence-electron chi connectivity index (χ1n) is 10.7. The first-order chi connectivity index (χ1) is 15.6. The molecule has 32 heavy (non-hydrogen) atoms. The van der Waals surface area contributed by atoms with Crippen molar-refractivity contribution in [2.24, 2.45) is 0 Å². The lowest BCUT2D eigenvalue weighted by molar-refractivity contribution is 0.416. The van der Waals surface area contributed by atoms with Crippen LogP contribution in [0.5, 0.6) is 5.75 Å². The van der Waals surface area contributed by atoms with E-state index in [0.717, 1.165) is 27.9 Å². The van der Waals surface area contributed by atoms with Crippen LogP contribution in [0.3, 0.4) is 0 Å². The number of benzene rings is 3. The zero-order chi connectivity index (χ0) is 22.5. The molecule has 0 aliphatic heterocycles. The minimum absolute atomic E-state index is 0.0828. The maximum absolute atomic E-state index is 13.6. The average molecular weight is 423 g/mol. The number of methoxy groups -OCH3 is 1. The number of hydrogen-bond acceptors (Lipinski definition) is 3. The molecule has 1 aromatic heterocycles. The molecule has 0 aliphatic rings. The van der Waals surface area contributed by atoms with Gasteiger partial charge in [0.1, 0.15) is 5.75 Å². The highest BCUT2D eigenvalue weighted by atomic mass is 16.5. The van der Waals surface area contributed by atoms with E-state index >= 15 is 0 Å². The van der Waals surface area contributed by atoms with Crippen molar-refractivity contribution in [3.8, 4) is 28.1 Å². The molecule has 0 atom stereocenters. The smallest absolute Gasteiger partial charge is 0.274 e. The summed E-state index contributed by atoms with van der Waals surface area (Å²) in [5.74, 6) is 0.697. The van der Waals surface area contributed by atoms with Gasteiger partial charge in [-0.25, -0.2) is 4.68 Å². The van der Waals surface area contributed by atoms with Crippen molar-refractivity contribution in [2.45, 2.75) is 19.9 Å². The summed E-state index contributed by atoms with van der Waals surface area (Å²) >= 11 is 0. The molecule has 160 valence electrons. The molecule has 0 saturated carbocycles. The lowest BCUT2D eigenvalue weighted by Gasteiger charge is -2.19. The van der Waals surface area contributed by atoms with Crippen molar-refractivity contribution >= 4 is 12.2 Å². The molecule has 0 amide bonds. The summed E-state index contributed by atoms with van der Waals surface area (Å²) in [5, 5.41) is 4.82. The van der Waals surface area contributed by atoms with Gasteiger partial charge in [-0.15, -0.1) is 0 Å². The SMILES string of the molecule is COc1ccccc1-c1c(-c2ccccc2)nn(C(C)C)c(=O)c1C=Cc1ccccc1. The van der Waals surface area contributed by atoms with E-state index in [2.05, 4.69) is 0 Å². The van der Waals surface area contributed by atoms with E-state index in [-0.39, 0.29) is 11.6 Å². The zero-order valence-electron chi connectivity index (χ0n) is 18.5. The van der Waals surface area contributed by atoms with Gasteiger partial charge in [0.2, 0.25) is 0 Å². The standard InChI is InChI=1S/C28H26N2O2/c1-20(2)30-28(31)24(19-18-21-12-6-4-7-13-21)26(23-16-10-11-17-25(23)32-3)27(29-30)22-14-8-5-9-15-22/h4-20H,1-3H3. The maximum atomic E-state index is 13.6. The van der Waals surface area contributed by atoms with Gasteiger partial charge >= 0.3 is 0 Å². The summed E-state index contributed by atoms with van der Waals surface area (Å²) in [6.45, 7) is 3.94. The second kappa shape index (κ2) is 9.48. The van der Waals surface area contributed by atoms with Crippen LogP contribution in [-0.2, 0) is 0 Å². The van der Waals surface area contributed by atoms with Crippen molar-refractivity contribution in [3.05, 3.63) is 106 Å². The lowest BCUT2D eigenvalue weighted by Crippen LogP contribution is -2.28. The normalized spacial score (nSPS) is 11.2. The Balaban J connectivity index is 2.09. The Kier molecular flexibility index (Phi) is 6.31. The summed E-state index contributed by atoms with van der Waals surface area (Å²) in [6.07, 6.45) is 3.86. The van der Waals surface area contributed by atoms with Crippen LogP contribution in [0, 0.1) is 0 Å². The Bertz CT molecular complexity index is 1290. The minimum Gasteiger partial charge on any atom is -0.496 e. The summed E-state index contributed by atoms with van der Waals surface area (Å²) < 4.78 is 7.23. The Morgan fingerprint density at radius 1 is 0.844 bits per heavy atom. The predicted octanol–water partition coefficient (Wildman–Crippen LogP) is 6.34. The van der Waals surface area contributed by atoms with Crippen LogP contribution in [0.4, 0.5) is 0 Å². The molecule has 3 aromatic carbocycles. The average Bonchev–Trinajstić information content (AvgIpc) is 2.84. The van der Waals surface area contributed by atoms with Crippen molar-refractivity contribution in [1.29, 1.82) is 0 Å². The van der Waals surface area contributed by atoms with Crippen LogP contribution >= 0.6 is 0 Å². The number of hydrogen-bond donors (Lipinski definition) is 0. The highest BCUT2D eigenvalue weighted by molar-refractivity contribution is 5.91. The molecule has 0 N–H and O–H groups in total. The highest BCUT2D eigenvalue weighted by Crippen LogP contribution is 2.38. The molecule has 0 aliphatic carbocycles. The fourth-order valence-electron chi connectivity index (χ4n) is 3.73. The number of ether oxygens (including phenoxy) is 1. The third-order valence-corrected chi connectivity index (χ3v) is 5.31. The van der Waals surface area contributed by atoms with E-state index in [9.17, 15) is 4.79 Å². The van der Waals surface area contributed by atoms with Crippen molar-refractivity contribution < 1.29 is 4.74 Å². The topological polar surface area (TPSA) is 44.1 Å². The van der Waals surface area contributed by atoms with Crippen LogP contribution in [0.1, 0.15) is 31.0 Å². The molecule has 4 rings (SSSR count).